The summed E-state index contributed by atoms with van der Waals surface area (Å²) in [6.45, 7) is 1.18. The van der Waals surface area contributed by atoms with Gasteiger partial charge < -0.3 is 10.5 Å². The Labute approximate surface area is 62.7 Å². The van der Waals surface area contributed by atoms with Gasteiger partial charge in [-0.1, -0.05) is 0 Å². The molecule has 0 aliphatic carbocycles. The van der Waals surface area contributed by atoms with Gasteiger partial charge in [0.15, 0.2) is 6.61 Å². The molecule has 1 aliphatic rings. The maximum Gasteiger partial charge on any atom is 0.414 e. The third-order valence-corrected chi connectivity index (χ3v) is 0.576. The molecule has 0 aromatic rings. The molecule has 0 aromatic carbocycles. The lowest BCUT2D eigenvalue weighted by Crippen LogP contribution is -2.18. The fourth-order valence-electron chi connectivity index (χ4n) is 0.317. The summed E-state index contributed by atoms with van der Waals surface area (Å²) >= 11 is 0. The van der Waals surface area contributed by atoms with Crippen LogP contribution < -0.4 is 11.1 Å². The van der Waals surface area contributed by atoms with Gasteiger partial charge in [0.1, 0.15) is 0 Å². The van der Waals surface area contributed by atoms with Crippen LogP contribution >= 0.6 is 0 Å². The standard InChI is InChI=1S/C3H3NO3.C2H5NO/c5-2-1-7-3(6)4-2;1-2(3)4/h1H2,(H,4,5,6);1H3,(H2,3,4). The summed E-state index contributed by atoms with van der Waals surface area (Å²) < 4.78 is 4.17. The summed E-state index contributed by atoms with van der Waals surface area (Å²) in [5.74, 6) is -0.704. The second-order valence-electron chi connectivity index (χ2n) is 1.73. The maximum absolute atomic E-state index is 10.00. The van der Waals surface area contributed by atoms with Crippen LogP contribution in [-0.4, -0.2) is 24.5 Å². The number of imide groups is 1. The topological polar surface area (TPSA) is 98.5 Å². The third kappa shape index (κ3) is 6.29. The zero-order valence-corrected chi connectivity index (χ0v) is 5.92. The Bertz CT molecular complexity index is 171. The molecule has 3 amide bonds. The minimum Gasteiger partial charge on any atom is -0.439 e. The third-order valence-electron chi connectivity index (χ3n) is 0.576. The smallest absolute Gasteiger partial charge is 0.414 e. The SMILES string of the molecule is CC(N)=O.O=C1COC(=O)N1. The molecule has 6 heteroatoms. The zero-order valence-electron chi connectivity index (χ0n) is 5.92. The molecule has 0 atom stereocenters. The number of carbonyl (C=O) groups is 3. The van der Waals surface area contributed by atoms with E-state index < -0.39 is 6.09 Å². The first kappa shape index (κ1) is 9.41. The van der Waals surface area contributed by atoms with Crippen molar-refractivity contribution in [2.45, 2.75) is 6.92 Å². The first-order valence-electron chi connectivity index (χ1n) is 2.75. The van der Waals surface area contributed by atoms with E-state index in [1.54, 1.807) is 0 Å². The lowest BCUT2D eigenvalue weighted by Gasteiger charge is -1.78. The number of primary amides is 1. The number of carbonyl (C=O) groups excluding carboxylic acids is 3. The van der Waals surface area contributed by atoms with E-state index in [9.17, 15) is 14.4 Å². The monoisotopic (exact) mass is 160 g/mol. The second kappa shape index (κ2) is 4.26. The molecule has 0 aromatic heterocycles. The van der Waals surface area contributed by atoms with Crippen molar-refractivity contribution in [3.8, 4) is 0 Å². The highest BCUT2D eigenvalue weighted by molar-refractivity contribution is 5.97. The van der Waals surface area contributed by atoms with Crippen molar-refractivity contribution in [2.24, 2.45) is 5.73 Å². The van der Waals surface area contributed by atoms with Crippen LogP contribution in [0.2, 0.25) is 0 Å². The summed E-state index contributed by atoms with van der Waals surface area (Å²) in [5.41, 5.74) is 4.47. The molecule has 6 nitrogen and oxygen atoms in total. The molecule has 0 radical (unpaired) electrons. The fraction of sp³-hybridized carbons (Fsp3) is 0.400. The predicted octanol–water partition coefficient (Wildman–Crippen LogP) is -1.26. The van der Waals surface area contributed by atoms with Crippen molar-refractivity contribution in [1.82, 2.24) is 5.32 Å². The van der Waals surface area contributed by atoms with E-state index in [2.05, 4.69) is 10.5 Å². The summed E-state index contributed by atoms with van der Waals surface area (Å²) in [5, 5.41) is 1.92. The Morgan fingerprint density at radius 1 is 1.64 bits per heavy atom. The van der Waals surface area contributed by atoms with Crippen molar-refractivity contribution < 1.29 is 19.1 Å². The summed E-state index contributed by atoms with van der Waals surface area (Å²) in [7, 11) is 0. The maximum atomic E-state index is 10.00. The van der Waals surface area contributed by atoms with E-state index in [0.717, 1.165) is 0 Å². The Hall–Kier alpha value is -1.59. The molecule has 1 heterocycles. The normalized spacial score (nSPS) is 14.3. The highest BCUT2D eigenvalue weighted by atomic mass is 16.6. The van der Waals surface area contributed by atoms with Gasteiger partial charge in [-0.25, -0.2) is 4.79 Å². The van der Waals surface area contributed by atoms with Gasteiger partial charge in [0.2, 0.25) is 5.91 Å². The molecule has 0 unspecified atom stereocenters. The second-order valence-corrected chi connectivity index (χ2v) is 1.73. The van der Waals surface area contributed by atoms with E-state index in [-0.39, 0.29) is 18.4 Å². The predicted molar refractivity (Wildman–Crippen MR) is 34.4 cm³/mol. The lowest BCUT2D eigenvalue weighted by molar-refractivity contribution is -0.119. The molecule has 0 spiro atoms. The number of alkyl carbamates (subject to hydrolysis) is 1. The summed E-state index contributed by atoms with van der Waals surface area (Å²) in [6, 6.07) is 0. The van der Waals surface area contributed by atoms with Gasteiger partial charge in [-0.2, -0.15) is 0 Å². The average molecular weight is 160 g/mol. The fourth-order valence-corrected chi connectivity index (χ4v) is 0.317. The number of rotatable bonds is 0. The Morgan fingerprint density at radius 3 is 2.18 bits per heavy atom. The molecule has 0 saturated carbocycles. The molecular formula is C5H8N2O4. The van der Waals surface area contributed by atoms with E-state index in [0.29, 0.717) is 0 Å². The number of hydrogen-bond donors (Lipinski definition) is 2. The van der Waals surface area contributed by atoms with E-state index >= 15 is 0 Å². The van der Waals surface area contributed by atoms with Crippen molar-refractivity contribution in [3.63, 3.8) is 0 Å². The van der Waals surface area contributed by atoms with Gasteiger partial charge in [-0.05, 0) is 0 Å². The van der Waals surface area contributed by atoms with Crippen LogP contribution in [0.3, 0.4) is 0 Å². The van der Waals surface area contributed by atoms with Gasteiger partial charge in [-0.15, -0.1) is 0 Å². The van der Waals surface area contributed by atoms with Crippen LogP contribution in [0.25, 0.3) is 0 Å². The number of nitrogens with two attached hydrogens (primary N) is 1. The molecular weight excluding hydrogens is 152 g/mol. The van der Waals surface area contributed by atoms with Gasteiger partial charge in [0.05, 0.1) is 0 Å². The van der Waals surface area contributed by atoms with E-state index in [4.69, 9.17) is 0 Å². The molecule has 1 fully saturated rings. The number of cyclic esters (lactones) is 1. The van der Waals surface area contributed by atoms with Gasteiger partial charge >= 0.3 is 6.09 Å². The average Bonchev–Trinajstić information content (AvgIpc) is 2.13. The molecule has 1 rings (SSSR count). The number of hydrogen-bond acceptors (Lipinski definition) is 4. The molecule has 62 valence electrons. The largest absolute Gasteiger partial charge is 0.439 e. The molecule has 1 aliphatic heterocycles. The quantitative estimate of drug-likeness (QED) is 0.462. The zero-order chi connectivity index (χ0) is 8.85. The van der Waals surface area contributed by atoms with Crippen LogP contribution in [0, 0.1) is 0 Å². The Kier molecular flexibility index (Phi) is 3.65. The summed E-state index contributed by atoms with van der Waals surface area (Å²) in [6.07, 6.45) is -0.648. The summed E-state index contributed by atoms with van der Waals surface area (Å²) in [4.78, 5) is 29.1. The Balaban J connectivity index is 0.000000218. The van der Waals surface area contributed by atoms with Crippen LogP contribution in [0.4, 0.5) is 4.79 Å². The Morgan fingerprint density at radius 2 is 2.09 bits per heavy atom. The van der Waals surface area contributed by atoms with Crippen LogP contribution in [0.5, 0.6) is 0 Å². The van der Waals surface area contributed by atoms with Crippen molar-refractivity contribution in [2.75, 3.05) is 6.61 Å². The van der Waals surface area contributed by atoms with Crippen LogP contribution in [0.15, 0.2) is 0 Å². The first-order valence-corrected chi connectivity index (χ1v) is 2.75. The highest BCUT2D eigenvalue weighted by Gasteiger charge is 2.17. The number of amides is 3. The highest BCUT2D eigenvalue weighted by Crippen LogP contribution is 1.85. The minimum atomic E-state index is -0.648. The molecule has 3 N–H and O–H groups in total. The van der Waals surface area contributed by atoms with E-state index in [1.165, 1.54) is 6.92 Å². The van der Waals surface area contributed by atoms with Crippen molar-refractivity contribution >= 4 is 17.9 Å². The van der Waals surface area contributed by atoms with Crippen LogP contribution in [-0.2, 0) is 14.3 Å². The first-order chi connectivity index (χ1) is 5.02. The van der Waals surface area contributed by atoms with Crippen LogP contribution in [0.1, 0.15) is 6.92 Å². The molecule has 1 saturated heterocycles. The number of ether oxygens (including phenoxy) is 1. The van der Waals surface area contributed by atoms with Crippen molar-refractivity contribution in [3.05, 3.63) is 0 Å². The van der Waals surface area contributed by atoms with Crippen molar-refractivity contribution in [1.29, 1.82) is 0 Å². The van der Waals surface area contributed by atoms with Gasteiger partial charge in [0.25, 0.3) is 5.91 Å². The number of nitrogens with one attached hydrogen (secondary N) is 1. The van der Waals surface area contributed by atoms with Gasteiger partial charge in [-0.3, -0.25) is 14.9 Å². The van der Waals surface area contributed by atoms with Gasteiger partial charge in [0, 0.05) is 6.92 Å². The van der Waals surface area contributed by atoms with E-state index in [1.807, 2.05) is 5.32 Å². The lowest BCUT2D eigenvalue weighted by atomic mass is 10.7. The molecule has 11 heavy (non-hydrogen) atoms. The molecule has 0 bridgehead atoms. The minimum absolute atomic E-state index is 0.126.